The lowest BCUT2D eigenvalue weighted by Gasteiger charge is -2.17. The van der Waals surface area contributed by atoms with Crippen molar-refractivity contribution in [2.24, 2.45) is 0 Å². The smallest absolute Gasteiger partial charge is 0.142 e. The van der Waals surface area contributed by atoms with Crippen molar-refractivity contribution in [1.29, 1.82) is 0 Å². The molecule has 0 spiro atoms. The second kappa shape index (κ2) is 5.25. The third kappa shape index (κ3) is 2.32. The maximum absolute atomic E-state index is 6.12. The van der Waals surface area contributed by atoms with E-state index < -0.39 is 0 Å². The summed E-state index contributed by atoms with van der Waals surface area (Å²) in [5.41, 5.74) is 1.11. The Labute approximate surface area is 101 Å². The van der Waals surface area contributed by atoms with Gasteiger partial charge in [-0.2, -0.15) is 0 Å². The third-order valence-corrected chi connectivity index (χ3v) is 3.00. The molecule has 84 valence electrons. The number of nitrogens with one attached hydrogen (secondary N) is 1. The quantitative estimate of drug-likeness (QED) is 0.796. The first-order chi connectivity index (χ1) is 7.83. The van der Waals surface area contributed by atoms with Crippen molar-refractivity contribution in [2.75, 3.05) is 13.2 Å². The van der Waals surface area contributed by atoms with E-state index in [0.717, 1.165) is 24.2 Å². The van der Waals surface area contributed by atoms with E-state index in [1.807, 2.05) is 18.2 Å². The van der Waals surface area contributed by atoms with Gasteiger partial charge in [0, 0.05) is 11.6 Å². The number of benzene rings is 1. The van der Waals surface area contributed by atoms with Gasteiger partial charge in [0.2, 0.25) is 0 Å². The van der Waals surface area contributed by atoms with Gasteiger partial charge in [-0.05, 0) is 18.9 Å². The van der Waals surface area contributed by atoms with Gasteiger partial charge in [-0.25, -0.2) is 0 Å². The molecule has 1 aliphatic rings. The summed E-state index contributed by atoms with van der Waals surface area (Å²) in [6.07, 6.45) is 7.29. The average Bonchev–Trinajstić information content (AvgIpc) is 2.50. The minimum absolute atomic E-state index is 0.243. The van der Waals surface area contributed by atoms with Crippen LogP contribution in [0.3, 0.4) is 0 Å². The summed E-state index contributed by atoms with van der Waals surface area (Å²) in [4.78, 5) is 0. The number of rotatable bonds is 2. The van der Waals surface area contributed by atoms with Gasteiger partial charge in [0.1, 0.15) is 5.75 Å². The summed E-state index contributed by atoms with van der Waals surface area (Å²) in [5, 5.41) is 3.99. The Balaban J connectivity index is 2.30. The first-order valence-corrected chi connectivity index (χ1v) is 5.79. The van der Waals surface area contributed by atoms with E-state index in [9.17, 15) is 0 Å². The van der Waals surface area contributed by atoms with Gasteiger partial charge in [0.25, 0.3) is 0 Å². The minimum atomic E-state index is 0.243. The molecule has 3 heteroatoms. The van der Waals surface area contributed by atoms with Crippen LogP contribution in [0.15, 0.2) is 18.2 Å². The Kier molecular flexibility index (Phi) is 3.71. The topological polar surface area (TPSA) is 21.3 Å². The fraction of sp³-hybridized carbons (Fsp3) is 0.385. The Hall–Kier alpha value is -1.17. The van der Waals surface area contributed by atoms with Crippen molar-refractivity contribution in [3.63, 3.8) is 0 Å². The van der Waals surface area contributed by atoms with Crippen LogP contribution in [0.5, 0.6) is 5.75 Å². The van der Waals surface area contributed by atoms with Crippen LogP contribution < -0.4 is 10.1 Å². The van der Waals surface area contributed by atoms with Crippen molar-refractivity contribution in [2.45, 2.75) is 18.9 Å². The van der Waals surface area contributed by atoms with Crippen molar-refractivity contribution in [3.05, 3.63) is 28.8 Å². The predicted octanol–water partition coefficient (Wildman–Crippen LogP) is 2.78. The number of halogens is 1. The molecule has 0 radical (unpaired) electrons. The number of hydrogen-bond donors (Lipinski definition) is 1. The molecule has 0 fully saturated rings. The fourth-order valence-corrected chi connectivity index (χ4v) is 2.20. The SMILES string of the molecule is C#CCNC1CCCOc2c(Cl)cccc21. The number of hydrogen-bond acceptors (Lipinski definition) is 2. The molecule has 0 amide bonds. The summed E-state index contributed by atoms with van der Waals surface area (Å²) in [6, 6.07) is 6.08. The zero-order chi connectivity index (χ0) is 11.4. The van der Waals surface area contributed by atoms with Crippen LogP contribution in [0.2, 0.25) is 5.02 Å². The van der Waals surface area contributed by atoms with Crippen molar-refractivity contribution < 1.29 is 4.74 Å². The standard InChI is InChI=1S/C13H14ClNO/c1-2-8-15-12-7-4-9-16-13-10(12)5-3-6-11(13)14/h1,3,5-6,12,15H,4,7-9H2. The molecule has 1 heterocycles. The average molecular weight is 236 g/mol. The molecule has 0 bridgehead atoms. The van der Waals surface area contributed by atoms with Crippen LogP contribution in [0, 0.1) is 12.3 Å². The fourth-order valence-electron chi connectivity index (χ4n) is 1.96. The van der Waals surface area contributed by atoms with E-state index in [4.69, 9.17) is 22.8 Å². The number of para-hydroxylation sites is 1. The molecule has 0 aromatic heterocycles. The molecule has 1 unspecified atom stereocenters. The van der Waals surface area contributed by atoms with E-state index in [-0.39, 0.29) is 6.04 Å². The van der Waals surface area contributed by atoms with E-state index >= 15 is 0 Å². The van der Waals surface area contributed by atoms with Crippen molar-refractivity contribution in [3.8, 4) is 18.1 Å². The largest absolute Gasteiger partial charge is 0.492 e. The maximum atomic E-state index is 6.12. The highest BCUT2D eigenvalue weighted by molar-refractivity contribution is 6.32. The van der Waals surface area contributed by atoms with Crippen LogP contribution in [0.1, 0.15) is 24.4 Å². The predicted molar refractivity (Wildman–Crippen MR) is 65.8 cm³/mol. The highest BCUT2D eigenvalue weighted by Gasteiger charge is 2.20. The zero-order valence-electron chi connectivity index (χ0n) is 9.00. The summed E-state index contributed by atoms with van der Waals surface area (Å²) in [5.74, 6) is 3.40. The van der Waals surface area contributed by atoms with Gasteiger partial charge in [-0.3, -0.25) is 5.32 Å². The summed E-state index contributed by atoms with van der Waals surface area (Å²) >= 11 is 6.12. The van der Waals surface area contributed by atoms with Gasteiger partial charge in [-0.15, -0.1) is 6.42 Å². The summed E-state index contributed by atoms with van der Waals surface area (Å²) in [7, 11) is 0. The molecule has 1 aromatic carbocycles. The monoisotopic (exact) mass is 235 g/mol. The van der Waals surface area contributed by atoms with Crippen molar-refractivity contribution >= 4 is 11.6 Å². The molecule has 1 N–H and O–H groups in total. The minimum Gasteiger partial charge on any atom is -0.492 e. The van der Waals surface area contributed by atoms with E-state index in [0.29, 0.717) is 18.2 Å². The molecule has 0 saturated carbocycles. The molecule has 16 heavy (non-hydrogen) atoms. The Morgan fingerprint density at radius 3 is 3.25 bits per heavy atom. The normalized spacial score (nSPS) is 19.1. The zero-order valence-corrected chi connectivity index (χ0v) is 9.76. The van der Waals surface area contributed by atoms with E-state index in [1.165, 1.54) is 0 Å². The Bertz CT molecular complexity index is 411. The van der Waals surface area contributed by atoms with Crippen molar-refractivity contribution in [1.82, 2.24) is 5.32 Å². The third-order valence-electron chi connectivity index (χ3n) is 2.71. The van der Waals surface area contributed by atoms with Gasteiger partial charge >= 0.3 is 0 Å². The van der Waals surface area contributed by atoms with E-state index in [2.05, 4.69) is 11.2 Å². The lowest BCUT2D eigenvalue weighted by atomic mass is 10.0. The van der Waals surface area contributed by atoms with E-state index in [1.54, 1.807) is 0 Å². The van der Waals surface area contributed by atoms with Crippen LogP contribution in [0.25, 0.3) is 0 Å². The number of terminal acetylenes is 1. The molecule has 1 aromatic rings. The molecule has 0 aliphatic carbocycles. The van der Waals surface area contributed by atoms with Crippen LogP contribution in [-0.4, -0.2) is 13.2 Å². The maximum Gasteiger partial charge on any atom is 0.142 e. The Morgan fingerprint density at radius 2 is 2.44 bits per heavy atom. The molecular formula is C13H14ClNO. The second-order valence-corrected chi connectivity index (χ2v) is 4.19. The Morgan fingerprint density at radius 1 is 1.56 bits per heavy atom. The number of ether oxygens (including phenoxy) is 1. The molecular weight excluding hydrogens is 222 g/mol. The molecule has 2 nitrogen and oxygen atoms in total. The molecule has 0 saturated heterocycles. The number of fused-ring (bicyclic) bond motifs is 1. The first-order valence-electron chi connectivity index (χ1n) is 5.41. The molecule has 1 atom stereocenters. The molecule has 2 rings (SSSR count). The molecule has 1 aliphatic heterocycles. The second-order valence-electron chi connectivity index (χ2n) is 3.79. The highest BCUT2D eigenvalue weighted by atomic mass is 35.5. The van der Waals surface area contributed by atoms with Crippen LogP contribution in [0.4, 0.5) is 0 Å². The van der Waals surface area contributed by atoms with Crippen LogP contribution >= 0.6 is 11.6 Å². The summed E-state index contributed by atoms with van der Waals surface area (Å²) < 4.78 is 5.67. The highest BCUT2D eigenvalue weighted by Crippen LogP contribution is 2.36. The first kappa shape index (κ1) is 11.3. The lowest BCUT2D eigenvalue weighted by molar-refractivity contribution is 0.315. The van der Waals surface area contributed by atoms with Gasteiger partial charge in [0.15, 0.2) is 0 Å². The van der Waals surface area contributed by atoms with Crippen LogP contribution in [-0.2, 0) is 0 Å². The van der Waals surface area contributed by atoms with Gasteiger partial charge in [0.05, 0.1) is 18.2 Å². The van der Waals surface area contributed by atoms with Gasteiger partial charge in [-0.1, -0.05) is 29.7 Å². The lowest BCUT2D eigenvalue weighted by Crippen LogP contribution is -2.21. The summed E-state index contributed by atoms with van der Waals surface area (Å²) in [6.45, 7) is 1.28. The van der Waals surface area contributed by atoms with Gasteiger partial charge < -0.3 is 4.74 Å².